The SMILES string of the molecule is NC(Cc1ccc(O)cc1)C(=O)NC(Cc1ccc(O)cc1)C(=O)NC(CO)C(=O)NC(Cc1cnc[nH]1)C(=O)O. The van der Waals surface area contributed by atoms with Gasteiger partial charge in [0, 0.05) is 24.7 Å². The molecule has 3 amide bonds. The molecule has 10 N–H and O–H groups in total. The Hall–Kier alpha value is -4.95. The number of aromatic amines is 1. The molecule has 1 heterocycles. The fourth-order valence-electron chi connectivity index (χ4n) is 3.89. The molecule has 14 nitrogen and oxygen atoms in total. The Labute approximate surface area is 234 Å². The number of aliphatic hydroxyl groups is 1. The maximum absolute atomic E-state index is 13.3. The van der Waals surface area contributed by atoms with Crippen LogP contribution in [-0.4, -0.2) is 84.9 Å². The molecular weight excluding hydrogens is 536 g/mol. The number of aromatic hydroxyl groups is 2. The van der Waals surface area contributed by atoms with Gasteiger partial charge in [-0.25, -0.2) is 9.78 Å². The predicted molar refractivity (Wildman–Crippen MR) is 144 cm³/mol. The number of aromatic nitrogens is 2. The van der Waals surface area contributed by atoms with E-state index in [2.05, 4.69) is 25.9 Å². The van der Waals surface area contributed by atoms with Crippen molar-refractivity contribution in [1.29, 1.82) is 0 Å². The van der Waals surface area contributed by atoms with Gasteiger partial charge in [0.05, 0.1) is 19.0 Å². The van der Waals surface area contributed by atoms with E-state index in [1.54, 1.807) is 24.3 Å². The number of phenols is 2. The van der Waals surface area contributed by atoms with Crippen LogP contribution >= 0.6 is 0 Å². The molecule has 0 fully saturated rings. The number of aliphatic carboxylic acids is 1. The second-order valence-corrected chi connectivity index (χ2v) is 9.33. The van der Waals surface area contributed by atoms with E-state index in [1.807, 2.05) is 0 Å². The maximum Gasteiger partial charge on any atom is 0.326 e. The van der Waals surface area contributed by atoms with Gasteiger partial charge in [-0.3, -0.25) is 14.4 Å². The molecule has 0 aliphatic carbocycles. The molecule has 0 radical (unpaired) electrons. The van der Waals surface area contributed by atoms with Gasteiger partial charge in [-0.15, -0.1) is 0 Å². The molecular formula is C27H32N6O8. The van der Waals surface area contributed by atoms with Crippen molar-refractivity contribution in [2.45, 2.75) is 43.4 Å². The van der Waals surface area contributed by atoms with E-state index in [0.29, 0.717) is 16.8 Å². The number of hydrogen-bond donors (Lipinski definition) is 9. The van der Waals surface area contributed by atoms with Crippen LogP contribution in [0.15, 0.2) is 61.1 Å². The highest BCUT2D eigenvalue weighted by Gasteiger charge is 2.30. The molecule has 0 aliphatic heterocycles. The summed E-state index contributed by atoms with van der Waals surface area (Å²) in [7, 11) is 0. The summed E-state index contributed by atoms with van der Waals surface area (Å²) in [5.41, 5.74) is 7.74. The van der Waals surface area contributed by atoms with Gasteiger partial charge in [0.2, 0.25) is 17.7 Å². The van der Waals surface area contributed by atoms with Gasteiger partial charge in [-0.2, -0.15) is 0 Å². The highest BCUT2D eigenvalue weighted by atomic mass is 16.4. The van der Waals surface area contributed by atoms with Gasteiger partial charge in [0.1, 0.15) is 29.6 Å². The Morgan fingerprint density at radius 2 is 1.27 bits per heavy atom. The van der Waals surface area contributed by atoms with Crippen molar-refractivity contribution in [3.8, 4) is 11.5 Å². The Balaban J connectivity index is 1.71. The Kier molecular flexibility index (Phi) is 10.8. The summed E-state index contributed by atoms with van der Waals surface area (Å²) in [5, 5.41) is 45.6. The highest BCUT2D eigenvalue weighted by Crippen LogP contribution is 2.13. The van der Waals surface area contributed by atoms with E-state index in [1.165, 1.54) is 36.8 Å². The molecule has 3 aromatic rings. The van der Waals surface area contributed by atoms with Gasteiger partial charge in [0.15, 0.2) is 0 Å². The monoisotopic (exact) mass is 568 g/mol. The van der Waals surface area contributed by atoms with Crippen LogP contribution in [0.1, 0.15) is 16.8 Å². The van der Waals surface area contributed by atoms with Crippen molar-refractivity contribution in [3.05, 3.63) is 77.9 Å². The van der Waals surface area contributed by atoms with Crippen LogP contribution < -0.4 is 21.7 Å². The lowest BCUT2D eigenvalue weighted by Crippen LogP contribution is -2.58. The van der Waals surface area contributed by atoms with Crippen LogP contribution in [0.2, 0.25) is 0 Å². The average molecular weight is 569 g/mol. The molecule has 0 saturated carbocycles. The summed E-state index contributed by atoms with van der Waals surface area (Å²) in [6, 6.07) is 6.77. The molecule has 218 valence electrons. The Morgan fingerprint density at radius 1 is 0.756 bits per heavy atom. The first-order valence-electron chi connectivity index (χ1n) is 12.6. The zero-order valence-electron chi connectivity index (χ0n) is 21.9. The minimum Gasteiger partial charge on any atom is -0.508 e. The number of carboxylic acid groups (broad SMARTS) is 1. The first-order valence-corrected chi connectivity index (χ1v) is 12.6. The largest absolute Gasteiger partial charge is 0.508 e. The first-order chi connectivity index (χ1) is 19.5. The third-order valence-corrected chi connectivity index (χ3v) is 6.15. The minimum atomic E-state index is -1.53. The number of aliphatic hydroxyl groups excluding tert-OH is 1. The van der Waals surface area contributed by atoms with Gasteiger partial charge in [-0.1, -0.05) is 24.3 Å². The topological polar surface area (TPSA) is 240 Å². The molecule has 0 aliphatic rings. The number of amides is 3. The molecule has 0 bridgehead atoms. The summed E-state index contributed by atoms with van der Waals surface area (Å²) in [6.07, 6.45) is 2.68. The molecule has 3 rings (SSSR count). The van der Waals surface area contributed by atoms with E-state index in [9.17, 15) is 39.6 Å². The maximum atomic E-state index is 13.3. The third-order valence-electron chi connectivity index (χ3n) is 6.15. The lowest BCUT2D eigenvalue weighted by Gasteiger charge is -2.24. The average Bonchev–Trinajstić information content (AvgIpc) is 3.46. The number of carboxylic acids is 1. The van der Waals surface area contributed by atoms with Gasteiger partial charge >= 0.3 is 5.97 Å². The fourth-order valence-corrected chi connectivity index (χ4v) is 3.89. The minimum absolute atomic E-state index is 0.00478. The van der Waals surface area contributed by atoms with Crippen molar-refractivity contribution >= 4 is 23.7 Å². The van der Waals surface area contributed by atoms with E-state index < -0.39 is 54.5 Å². The number of imidazole rings is 1. The second-order valence-electron chi connectivity index (χ2n) is 9.33. The first kappa shape index (κ1) is 30.6. The summed E-state index contributed by atoms with van der Waals surface area (Å²) in [5.74, 6) is -3.75. The zero-order chi connectivity index (χ0) is 29.9. The Morgan fingerprint density at radius 3 is 1.78 bits per heavy atom. The number of nitrogens with two attached hydrogens (primary N) is 1. The van der Waals surface area contributed by atoms with Crippen LogP contribution in [0, 0.1) is 0 Å². The second kappa shape index (κ2) is 14.4. The van der Waals surface area contributed by atoms with Gasteiger partial charge in [0.25, 0.3) is 0 Å². The molecule has 14 heteroatoms. The summed E-state index contributed by atoms with van der Waals surface area (Å²) in [6.45, 7) is -0.853. The van der Waals surface area contributed by atoms with E-state index >= 15 is 0 Å². The number of nitrogens with zero attached hydrogens (tertiary/aromatic N) is 1. The number of benzene rings is 2. The smallest absolute Gasteiger partial charge is 0.326 e. The Bertz CT molecular complexity index is 1310. The quantitative estimate of drug-likeness (QED) is 0.111. The molecule has 1 aromatic heterocycles. The summed E-state index contributed by atoms with van der Waals surface area (Å²) in [4.78, 5) is 57.2. The van der Waals surface area contributed by atoms with Gasteiger partial charge in [-0.05, 0) is 41.8 Å². The molecule has 0 saturated heterocycles. The van der Waals surface area contributed by atoms with Gasteiger partial charge < -0.3 is 47.1 Å². The normalized spacial score (nSPS) is 13.8. The van der Waals surface area contributed by atoms with Crippen molar-refractivity contribution in [3.63, 3.8) is 0 Å². The van der Waals surface area contributed by atoms with E-state index in [-0.39, 0.29) is 30.8 Å². The number of H-pyrrole nitrogens is 1. The van der Waals surface area contributed by atoms with Crippen molar-refractivity contribution < 1.29 is 39.6 Å². The zero-order valence-corrected chi connectivity index (χ0v) is 21.9. The number of carbonyl (C=O) groups excluding carboxylic acids is 3. The standard InChI is InChI=1S/C27H32N6O8/c28-20(9-15-1-5-18(35)6-2-15)24(37)31-21(10-16-3-7-19(36)8-4-16)25(38)33-23(13-34)26(39)32-22(27(40)41)11-17-12-29-14-30-17/h1-8,12,14,20-23,34-36H,9-11,13,28H2,(H,29,30)(H,31,37)(H,32,39)(H,33,38)(H,40,41). The number of phenolic OH excluding ortho intramolecular Hbond substituents is 2. The molecule has 0 spiro atoms. The van der Waals surface area contributed by atoms with Crippen molar-refractivity contribution in [2.75, 3.05) is 6.61 Å². The molecule has 2 aromatic carbocycles. The van der Waals surface area contributed by atoms with E-state index in [0.717, 1.165) is 0 Å². The number of nitrogens with one attached hydrogen (secondary N) is 4. The van der Waals surface area contributed by atoms with Crippen LogP contribution in [0.4, 0.5) is 0 Å². The lowest BCUT2D eigenvalue weighted by atomic mass is 10.0. The number of hydrogen-bond acceptors (Lipinski definition) is 9. The summed E-state index contributed by atoms with van der Waals surface area (Å²) < 4.78 is 0. The molecule has 41 heavy (non-hydrogen) atoms. The highest BCUT2D eigenvalue weighted by molar-refractivity contribution is 5.94. The van der Waals surface area contributed by atoms with Crippen LogP contribution in [0.5, 0.6) is 11.5 Å². The number of rotatable bonds is 14. The van der Waals surface area contributed by atoms with Crippen LogP contribution in [0.25, 0.3) is 0 Å². The summed E-state index contributed by atoms with van der Waals surface area (Å²) >= 11 is 0. The molecule has 4 atom stereocenters. The third kappa shape index (κ3) is 9.33. The van der Waals surface area contributed by atoms with Crippen molar-refractivity contribution in [2.24, 2.45) is 5.73 Å². The van der Waals surface area contributed by atoms with Crippen LogP contribution in [0.3, 0.4) is 0 Å². The lowest BCUT2D eigenvalue weighted by molar-refractivity contribution is -0.142. The van der Waals surface area contributed by atoms with Crippen molar-refractivity contribution in [1.82, 2.24) is 25.9 Å². The molecule has 4 unspecified atom stereocenters. The van der Waals surface area contributed by atoms with E-state index in [4.69, 9.17) is 5.73 Å². The number of carbonyl (C=O) groups is 4. The fraction of sp³-hybridized carbons (Fsp3) is 0.296. The predicted octanol–water partition coefficient (Wildman–Crippen LogP) is -1.29. The van der Waals surface area contributed by atoms with Crippen LogP contribution in [-0.2, 0) is 38.4 Å².